The van der Waals surface area contributed by atoms with Crippen molar-refractivity contribution in [1.29, 1.82) is 0 Å². The van der Waals surface area contributed by atoms with E-state index < -0.39 is 5.97 Å². The number of hydrogen-bond acceptors (Lipinski definition) is 4. The number of rotatable bonds is 4. The van der Waals surface area contributed by atoms with Crippen LogP contribution < -0.4 is 10.9 Å². The SMILES string of the molecule is O=C1CCCC=C1NNc1ccc(C(=O)O)cc1. The minimum atomic E-state index is -0.959. The van der Waals surface area contributed by atoms with Crippen LogP contribution in [-0.2, 0) is 4.79 Å². The molecule has 0 amide bonds. The Hall–Kier alpha value is -2.30. The molecule has 0 saturated carbocycles. The maximum absolute atomic E-state index is 11.5. The summed E-state index contributed by atoms with van der Waals surface area (Å²) in [6.07, 6.45) is 4.23. The summed E-state index contributed by atoms with van der Waals surface area (Å²) in [6, 6.07) is 6.29. The van der Waals surface area contributed by atoms with Crippen LogP contribution in [0.15, 0.2) is 36.0 Å². The van der Waals surface area contributed by atoms with Gasteiger partial charge in [0.1, 0.15) is 0 Å². The number of carboxylic acid groups (broad SMARTS) is 1. The zero-order valence-corrected chi connectivity index (χ0v) is 9.77. The van der Waals surface area contributed by atoms with Gasteiger partial charge in [-0.1, -0.05) is 6.08 Å². The van der Waals surface area contributed by atoms with Crippen LogP contribution >= 0.6 is 0 Å². The number of aromatic carboxylic acids is 1. The van der Waals surface area contributed by atoms with E-state index in [0.717, 1.165) is 12.8 Å². The Balaban J connectivity index is 1.96. The molecule has 94 valence electrons. The second-order valence-corrected chi connectivity index (χ2v) is 4.07. The minimum Gasteiger partial charge on any atom is -0.478 e. The summed E-state index contributed by atoms with van der Waals surface area (Å²) in [6.45, 7) is 0. The van der Waals surface area contributed by atoms with E-state index in [-0.39, 0.29) is 11.3 Å². The number of carbonyl (C=O) groups excluding carboxylic acids is 1. The lowest BCUT2D eigenvalue weighted by Crippen LogP contribution is -2.27. The van der Waals surface area contributed by atoms with Crippen LogP contribution in [-0.4, -0.2) is 16.9 Å². The molecule has 3 N–H and O–H groups in total. The van der Waals surface area contributed by atoms with Gasteiger partial charge >= 0.3 is 5.97 Å². The number of benzene rings is 1. The third kappa shape index (κ3) is 2.88. The molecule has 1 aliphatic rings. The molecule has 1 aliphatic carbocycles. The lowest BCUT2D eigenvalue weighted by Gasteiger charge is -2.15. The van der Waals surface area contributed by atoms with Crippen molar-refractivity contribution in [1.82, 2.24) is 5.43 Å². The molecule has 1 aromatic carbocycles. The first-order chi connectivity index (χ1) is 8.66. The summed E-state index contributed by atoms with van der Waals surface area (Å²) >= 11 is 0. The fourth-order valence-electron chi connectivity index (χ4n) is 1.71. The predicted molar refractivity (Wildman–Crippen MR) is 67.1 cm³/mol. The highest BCUT2D eigenvalue weighted by atomic mass is 16.4. The van der Waals surface area contributed by atoms with Crippen molar-refractivity contribution in [3.8, 4) is 0 Å². The van der Waals surface area contributed by atoms with Crippen LogP contribution in [0.2, 0.25) is 0 Å². The van der Waals surface area contributed by atoms with Gasteiger partial charge in [-0.05, 0) is 37.1 Å². The van der Waals surface area contributed by atoms with Crippen LogP contribution in [0, 0.1) is 0 Å². The Kier molecular flexibility index (Phi) is 3.62. The average Bonchev–Trinajstić information content (AvgIpc) is 2.38. The number of Topliss-reactive ketones (excluding diaryl/α,β-unsaturated/α-hetero) is 1. The van der Waals surface area contributed by atoms with Gasteiger partial charge in [0.15, 0.2) is 5.78 Å². The molecule has 0 bridgehead atoms. The maximum Gasteiger partial charge on any atom is 0.335 e. The molecule has 2 rings (SSSR count). The zero-order valence-electron chi connectivity index (χ0n) is 9.77. The molecule has 0 saturated heterocycles. The standard InChI is InChI=1S/C13H14N2O3/c16-12-4-2-1-3-11(12)15-14-10-7-5-9(6-8-10)13(17)18/h3,5-8,14-15H,1-2,4H2,(H,17,18). The fourth-order valence-corrected chi connectivity index (χ4v) is 1.71. The lowest BCUT2D eigenvalue weighted by atomic mass is 10.0. The van der Waals surface area contributed by atoms with Gasteiger partial charge in [-0.15, -0.1) is 0 Å². The Morgan fingerprint density at radius 1 is 1.17 bits per heavy atom. The molecule has 5 nitrogen and oxygen atoms in total. The van der Waals surface area contributed by atoms with Gasteiger partial charge in [-0.25, -0.2) is 4.79 Å². The summed E-state index contributed by atoms with van der Waals surface area (Å²) in [5, 5.41) is 8.75. The second-order valence-electron chi connectivity index (χ2n) is 4.07. The quantitative estimate of drug-likeness (QED) is 0.707. The number of allylic oxidation sites excluding steroid dienone is 2. The smallest absolute Gasteiger partial charge is 0.335 e. The normalized spacial score (nSPS) is 14.9. The van der Waals surface area contributed by atoms with Crippen molar-refractivity contribution in [2.75, 3.05) is 5.43 Å². The summed E-state index contributed by atoms with van der Waals surface area (Å²) in [4.78, 5) is 22.2. The van der Waals surface area contributed by atoms with E-state index in [9.17, 15) is 9.59 Å². The lowest BCUT2D eigenvalue weighted by molar-refractivity contribution is -0.116. The van der Waals surface area contributed by atoms with Crippen LogP contribution in [0.3, 0.4) is 0 Å². The molecule has 0 aliphatic heterocycles. The van der Waals surface area contributed by atoms with Gasteiger partial charge in [0.05, 0.1) is 16.9 Å². The van der Waals surface area contributed by atoms with E-state index in [2.05, 4.69) is 10.9 Å². The molecule has 0 heterocycles. The Bertz CT molecular complexity index is 491. The molecule has 0 aromatic heterocycles. The predicted octanol–water partition coefficient (Wildman–Crippen LogP) is 1.94. The van der Waals surface area contributed by atoms with Crippen molar-refractivity contribution in [3.63, 3.8) is 0 Å². The van der Waals surface area contributed by atoms with Crippen molar-refractivity contribution in [2.24, 2.45) is 0 Å². The van der Waals surface area contributed by atoms with Crippen LogP contribution in [0.1, 0.15) is 29.6 Å². The summed E-state index contributed by atoms with van der Waals surface area (Å²) in [5.74, 6) is -0.865. The highest BCUT2D eigenvalue weighted by molar-refractivity contribution is 5.95. The monoisotopic (exact) mass is 246 g/mol. The molecule has 0 unspecified atom stereocenters. The number of hydrazine groups is 1. The van der Waals surface area contributed by atoms with Crippen LogP contribution in [0.4, 0.5) is 5.69 Å². The van der Waals surface area contributed by atoms with E-state index in [4.69, 9.17) is 5.11 Å². The summed E-state index contributed by atoms with van der Waals surface area (Å²) in [5.41, 5.74) is 7.24. The summed E-state index contributed by atoms with van der Waals surface area (Å²) < 4.78 is 0. The van der Waals surface area contributed by atoms with Crippen molar-refractivity contribution >= 4 is 17.4 Å². The molecule has 0 spiro atoms. The molecular weight excluding hydrogens is 232 g/mol. The minimum absolute atomic E-state index is 0.0934. The first-order valence-electron chi connectivity index (χ1n) is 5.75. The third-order valence-electron chi connectivity index (χ3n) is 2.73. The van der Waals surface area contributed by atoms with E-state index in [1.54, 1.807) is 12.1 Å². The fraction of sp³-hybridized carbons (Fsp3) is 0.231. The molecule has 18 heavy (non-hydrogen) atoms. The number of nitrogens with one attached hydrogen (secondary N) is 2. The van der Waals surface area contributed by atoms with E-state index in [1.165, 1.54) is 12.1 Å². The second kappa shape index (κ2) is 5.35. The molecule has 0 radical (unpaired) electrons. The Labute approximate surface area is 104 Å². The summed E-state index contributed by atoms with van der Waals surface area (Å²) in [7, 11) is 0. The van der Waals surface area contributed by atoms with Crippen molar-refractivity contribution in [3.05, 3.63) is 41.6 Å². The number of carboxylic acids is 1. The molecule has 5 heteroatoms. The third-order valence-corrected chi connectivity index (χ3v) is 2.73. The molecule has 1 aromatic rings. The number of ketones is 1. The van der Waals surface area contributed by atoms with E-state index >= 15 is 0 Å². The highest BCUT2D eigenvalue weighted by Crippen LogP contribution is 2.13. The number of carbonyl (C=O) groups is 2. The van der Waals surface area contributed by atoms with E-state index in [0.29, 0.717) is 17.8 Å². The van der Waals surface area contributed by atoms with E-state index in [1.807, 2.05) is 6.08 Å². The largest absolute Gasteiger partial charge is 0.478 e. The average molecular weight is 246 g/mol. The Morgan fingerprint density at radius 3 is 2.50 bits per heavy atom. The van der Waals surface area contributed by atoms with Gasteiger partial charge < -0.3 is 10.5 Å². The molecule has 0 atom stereocenters. The van der Waals surface area contributed by atoms with Gasteiger partial charge in [0, 0.05) is 6.42 Å². The number of anilines is 1. The Morgan fingerprint density at radius 2 is 1.89 bits per heavy atom. The van der Waals surface area contributed by atoms with Gasteiger partial charge in [-0.3, -0.25) is 10.2 Å². The van der Waals surface area contributed by atoms with Crippen molar-refractivity contribution in [2.45, 2.75) is 19.3 Å². The van der Waals surface area contributed by atoms with Gasteiger partial charge in [0.25, 0.3) is 0 Å². The molecular formula is C13H14N2O3. The van der Waals surface area contributed by atoms with Crippen molar-refractivity contribution < 1.29 is 14.7 Å². The van der Waals surface area contributed by atoms with Gasteiger partial charge in [0.2, 0.25) is 0 Å². The van der Waals surface area contributed by atoms with Crippen LogP contribution in [0.5, 0.6) is 0 Å². The first kappa shape index (κ1) is 12.2. The zero-order chi connectivity index (χ0) is 13.0. The first-order valence-corrected chi connectivity index (χ1v) is 5.75. The van der Waals surface area contributed by atoms with Crippen LogP contribution in [0.25, 0.3) is 0 Å². The molecule has 0 fully saturated rings. The number of hydrogen-bond donors (Lipinski definition) is 3. The topological polar surface area (TPSA) is 78.4 Å². The van der Waals surface area contributed by atoms with Gasteiger partial charge in [-0.2, -0.15) is 0 Å². The highest BCUT2D eigenvalue weighted by Gasteiger charge is 2.12. The maximum atomic E-state index is 11.5.